The van der Waals surface area contributed by atoms with Crippen molar-refractivity contribution in [2.75, 3.05) is 6.54 Å². The molecular formula is C14H17BrN2O3. The van der Waals surface area contributed by atoms with Gasteiger partial charge in [0.25, 0.3) is 0 Å². The smallest absolute Gasteiger partial charge is 0.317 e. The van der Waals surface area contributed by atoms with Gasteiger partial charge in [-0.25, -0.2) is 4.79 Å². The number of nitrogens with zero attached hydrogens (tertiary/aromatic N) is 1. The van der Waals surface area contributed by atoms with Crippen LogP contribution in [0.2, 0.25) is 0 Å². The van der Waals surface area contributed by atoms with E-state index in [4.69, 9.17) is 5.11 Å². The van der Waals surface area contributed by atoms with Gasteiger partial charge in [0.15, 0.2) is 0 Å². The Morgan fingerprint density at radius 2 is 2.25 bits per heavy atom. The molecule has 5 nitrogen and oxygen atoms in total. The second-order valence-electron chi connectivity index (χ2n) is 4.88. The minimum Gasteiger partial charge on any atom is -0.481 e. The molecule has 20 heavy (non-hydrogen) atoms. The standard InChI is InChI=1S/C14H17BrN2O3/c15-11-4-1-3-10(7-11)9-16-14(20)17-6-2-5-12(17)8-13(18)19/h1,3-4,7,12H,2,5-6,8-9H2,(H,16,20)(H,18,19). The van der Waals surface area contributed by atoms with Crippen LogP contribution >= 0.6 is 15.9 Å². The first kappa shape index (κ1) is 14.8. The van der Waals surface area contributed by atoms with E-state index in [1.807, 2.05) is 24.3 Å². The number of benzene rings is 1. The molecule has 2 N–H and O–H groups in total. The number of halogens is 1. The van der Waals surface area contributed by atoms with Crippen molar-refractivity contribution in [2.24, 2.45) is 0 Å². The van der Waals surface area contributed by atoms with Gasteiger partial charge in [-0.2, -0.15) is 0 Å². The molecule has 6 heteroatoms. The number of nitrogens with one attached hydrogen (secondary N) is 1. The minimum absolute atomic E-state index is 0.0182. The van der Waals surface area contributed by atoms with Crippen molar-refractivity contribution in [1.29, 1.82) is 0 Å². The summed E-state index contributed by atoms with van der Waals surface area (Å²) in [6.07, 6.45) is 1.64. The molecule has 1 unspecified atom stereocenters. The van der Waals surface area contributed by atoms with E-state index in [2.05, 4.69) is 21.2 Å². The zero-order chi connectivity index (χ0) is 14.5. The Hall–Kier alpha value is -1.56. The van der Waals surface area contributed by atoms with Gasteiger partial charge in [0.2, 0.25) is 0 Å². The summed E-state index contributed by atoms with van der Waals surface area (Å²) >= 11 is 3.38. The van der Waals surface area contributed by atoms with Crippen LogP contribution in [0, 0.1) is 0 Å². The van der Waals surface area contributed by atoms with E-state index in [0.717, 1.165) is 22.9 Å². The van der Waals surface area contributed by atoms with Crippen molar-refractivity contribution >= 4 is 27.9 Å². The Labute approximate surface area is 126 Å². The number of aliphatic carboxylic acids is 1. The van der Waals surface area contributed by atoms with Crippen LogP contribution in [0.3, 0.4) is 0 Å². The van der Waals surface area contributed by atoms with Gasteiger partial charge in [-0.15, -0.1) is 0 Å². The highest BCUT2D eigenvalue weighted by Crippen LogP contribution is 2.20. The molecule has 1 aromatic carbocycles. The van der Waals surface area contributed by atoms with E-state index >= 15 is 0 Å². The molecule has 0 aromatic heterocycles. The summed E-state index contributed by atoms with van der Waals surface area (Å²) < 4.78 is 0.967. The molecule has 1 aliphatic rings. The third-order valence-corrected chi connectivity index (χ3v) is 3.87. The molecular weight excluding hydrogens is 324 g/mol. The molecule has 1 atom stereocenters. The fraction of sp³-hybridized carbons (Fsp3) is 0.429. The maximum absolute atomic E-state index is 12.1. The Morgan fingerprint density at radius 3 is 2.95 bits per heavy atom. The molecule has 0 radical (unpaired) electrons. The molecule has 1 aromatic rings. The average Bonchev–Trinajstić information content (AvgIpc) is 2.83. The summed E-state index contributed by atoms with van der Waals surface area (Å²) in [6.45, 7) is 1.07. The lowest BCUT2D eigenvalue weighted by atomic mass is 10.1. The number of carboxylic acid groups (broad SMARTS) is 1. The van der Waals surface area contributed by atoms with E-state index in [1.54, 1.807) is 4.90 Å². The zero-order valence-electron chi connectivity index (χ0n) is 11.0. The third kappa shape index (κ3) is 3.96. The van der Waals surface area contributed by atoms with Gasteiger partial charge in [-0.05, 0) is 30.5 Å². The predicted molar refractivity (Wildman–Crippen MR) is 78.4 cm³/mol. The number of urea groups is 1. The van der Waals surface area contributed by atoms with E-state index in [9.17, 15) is 9.59 Å². The van der Waals surface area contributed by atoms with Crippen molar-refractivity contribution in [3.63, 3.8) is 0 Å². The van der Waals surface area contributed by atoms with Crippen LogP contribution in [0.15, 0.2) is 28.7 Å². The largest absolute Gasteiger partial charge is 0.481 e. The van der Waals surface area contributed by atoms with Gasteiger partial charge in [0.1, 0.15) is 0 Å². The summed E-state index contributed by atoms with van der Waals surface area (Å²) in [5, 5.41) is 11.7. The number of likely N-dealkylation sites (tertiary alicyclic amines) is 1. The van der Waals surface area contributed by atoms with Crippen molar-refractivity contribution in [3.05, 3.63) is 34.3 Å². The van der Waals surface area contributed by atoms with Gasteiger partial charge < -0.3 is 15.3 Å². The molecule has 0 spiro atoms. The highest BCUT2D eigenvalue weighted by atomic mass is 79.9. The van der Waals surface area contributed by atoms with Crippen LogP contribution in [-0.4, -0.2) is 34.6 Å². The Balaban J connectivity index is 1.89. The van der Waals surface area contributed by atoms with E-state index in [-0.39, 0.29) is 18.5 Å². The second-order valence-corrected chi connectivity index (χ2v) is 5.79. The molecule has 0 bridgehead atoms. The second kappa shape index (κ2) is 6.74. The van der Waals surface area contributed by atoms with Gasteiger partial charge >= 0.3 is 12.0 Å². The van der Waals surface area contributed by atoms with Crippen LogP contribution in [-0.2, 0) is 11.3 Å². The maximum atomic E-state index is 12.1. The number of hydrogen-bond acceptors (Lipinski definition) is 2. The number of hydrogen-bond donors (Lipinski definition) is 2. The molecule has 0 saturated carbocycles. The van der Waals surface area contributed by atoms with E-state index in [0.29, 0.717) is 13.1 Å². The average molecular weight is 341 g/mol. The van der Waals surface area contributed by atoms with Gasteiger partial charge in [-0.3, -0.25) is 4.79 Å². The quantitative estimate of drug-likeness (QED) is 0.884. The molecule has 2 amide bonds. The fourth-order valence-electron chi connectivity index (χ4n) is 2.44. The zero-order valence-corrected chi connectivity index (χ0v) is 12.6. The SMILES string of the molecule is O=C(O)CC1CCCN1C(=O)NCc1cccc(Br)c1. The number of carbonyl (C=O) groups excluding carboxylic acids is 1. The summed E-state index contributed by atoms with van der Waals surface area (Å²) in [7, 11) is 0. The Morgan fingerprint density at radius 1 is 1.45 bits per heavy atom. The fourth-order valence-corrected chi connectivity index (χ4v) is 2.89. The summed E-state index contributed by atoms with van der Waals surface area (Å²) in [5.74, 6) is -0.860. The number of carbonyl (C=O) groups is 2. The first-order chi connectivity index (χ1) is 9.56. The molecule has 0 aliphatic carbocycles. The third-order valence-electron chi connectivity index (χ3n) is 3.38. The van der Waals surface area contributed by atoms with Crippen LogP contribution in [0.25, 0.3) is 0 Å². The maximum Gasteiger partial charge on any atom is 0.317 e. The van der Waals surface area contributed by atoms with Crippen molar-refractivity contribution in [2.45, 2.75) is 31.8 Å². The molecule has 1 aliphatic heterocycles. The summed E-state index contributed by atoms with van der Waals surface area (Å²) in [5.41, 5.74) is 1.00. The van der Waals surface area contributed by atoms with Crippen molar-refractivity contribution in [1.82, 2.24) is 10.2 Å². The molecule has 1 heterocycles. The molecule has 108 valence electrons. The molecule has 2 rings (SSSR count). The molecule has 1 saturated heterocycles. The molecule has 1 fully saturated rings. The lowest BCUT2D eigenvalue weighted by Gasteiger charge is -2.23. The Bertz CT molecular complexity index is 507. The Kier molecular flexibility index (Phi) is 5.00. The van der Waals surface area contributed by atoms with E-state index in [1.165, 1.54) is 0 Å². The lowest BCUT2D eigenvalue weighted by molar-refractivity contribution is -0.137. The van der Waals surface area contributed by atoms with Crippen molar-refractivity contribution < 1.29 is 14.7 Å². The number of carboxylic acids is 1. The lowest BCUT2D eigenvalue weighted by Crippen LogP contribution is -2.43. The van der Waals surface area contributed by atoms with Crippen LogP contribution < -0.4 is 5.32 Å². The number of rotatable bonds is 4. The monoisotopic (exact) mass is 340 g/mol. The highest BCUT2D eigenvalue weighted by molar-refractivity contribution is 9.10. The first-order valence-corrected chi connectivity index (χ1v) is 7.36. The van der Waals surface area contributed by atoms with Crippen LogP contribution in [0.1, 0.15) is 24.8 Å². The van der Waals surface area contributed by atoms with Gasteiger partial charge in [-0.1, -0.05) is 28.1 Å². The normalized spacial score (nSPS) is 18.1. The van der Waals surface area contributed by atoms with Gasteiger partial charge in [0, 0.05) is 23.6 Å². The summed E-state index contributed by atoms with van der Waals surface area (Å²) in [6, 6.07) is 7.34. The van der Waals surface area contributed by atoms with Crippen molar-refractivity contribution in [3.8, 4) is 0 Å². The highest BCUT2D eigenvalue weighted by Gasteiger charge is 2.30. The minimum atomic E-state index is -0.860. The number of amides is 2. The summed E-state index contributed by atoms with van der Waals surface area (Å²) in [4.78, 5) is 24.5. The van der Waals surface area contributed by atoms with E-state index < -0.39 is 5.97 Å². The van der Waals surface area contributed by atoms with Crippen LogP contribution in [0.4, 0.5) is 4.79 Å². The van der Waals surface area contributed by atoms with Crippen LogP contribution in [0.5, 0.6) is 0 Å². The topological polar surface area (TPSA) is 69.6 Å². The first-order valence-electron chi connectivity index (χ1n) is 6.57. The predicted octanol–water partition coefficient (Wildman–Crippen LogP) is 2.60. The van der Waals surface area contributed by atoms with Gasteiger partial charge in [0.05, 0.1) is 6.42 Å².